The zero-order valence-electron chi connectivity index (χ0n) is 12.1. The molecule has 7 heteroatoms. The molecule has 0 spiro atoms. The number of aromatic nitrogens is 3. The molecule has 2 aromatic rings. The molecule has 7 nitrogen and oxygen atoms in total. The molecule has 1 atom stereocenters. The summed E-state index contributed by atoms with van der Waals surface area (Å²) >= 11 is 0. The molecule has 1 heterocycles. The number of carbonyl (C=O) groups is 1. The van der Waals surface area contributed by atoms with Crippen molar-refractivity contribution in [3.8, 4) is 5.75 Å². The average molecular weight is 289 g/mol. The fraction of sp³-hybridized carbons (Fsp3) is 0.357. The van der Waals surface area contributed by atoms with Crippen molar-refractivity contribution in [3.05, 3.63) is 42.0 Å². The summed E-state index contributed by atoms with van der Waals surface area (Å²) in [6.07, 6.45) is 1.68. The van der Waals surface area contributed by atoms with Crippen LogP contribution >= 0.6 is 0 Å². The molecule has 0 aliphatic heterocycles. The van der Waals surface area contributed by atoms with Gasteiger partial charge in [-0.25, -0.2) is 0 Å². The van der Waals surface area contributed by atoms with Gasteiger partial charge in [-0.3, -0.25) is 4.79 Å². The molecule has 1 aromatic heterocycles. The molecule has 2 rings (SSSR count). The van der Waals surface area contributed by atoms with Gasteiger partial charge < -0.3 is 20.4 Å². The van der Waals surface area contributed by atoms with Crippen LogP contribution in [0.5, 0.6) is 5.75 Å². The van der Waals surface area contributed by atoms with Gasteiger partial charge in [-0.2, -0.15) is 0 Å². The number of aryl methyl sites for hydroxylation is 1. The number of ether oxygens (including phenoxy) is 1. The average Bonchev–Trinajstić information content (AvgIpc) is 2.90. The Labute approximate surface area is 123 Å². The highest BCUT2D eigenvalue weighted by molar-refractivity contribution is 5.75. The Balaban J connectivity index is 1.86. The second kappa shape index (κ2) is 6.85. The maximum Gasteiger partial charge on any atom is 0.255 e. The van der Waals surface area contributed by atoms with E-state index < -0.39 is 5.91 Å². The topological polar surface area (TPSA) is 95.1 Å². The minimum Gasteiger partial charge on any atom is -0.484 e. The lowest BCUT2D eigenvalue weighted by molar-refractivity contribution is -0.119. The van der Waals surface area contributed by atoms with Crippen molar-refractivity contribution in [1.82, 2.24) is 20.1 Å². The zero-order chi connectivity index (χ0) is 15.2. The molecular weight excluding hydrogens is 270 g/mol. The van der Waals surface area contributed by atoms with Crippen LogP contribution in [0.25, 0.3) is 0 Å². The third-order valence-electron chi connectivity index (χ3n) is 3.05. The zero-order valence-corrected chi connectivity index (χ0v) is 12.1. The molecule has 0 fully saturated rings. The second-order valence-corrected chi connectivity index (χ2v) is 4.80. The molecule has 0 aliphatic carbocycles. The largest absolute Gasteiger partial charge is 0.484 e. The van der Waals surface area contributed by atoms with Crippen LogP contribution in [0.4, 0.5) is 0 Å². The molecule has 0 saturated carbocycles. The Hall–Kier alpha value is -2.41. The van der Waals surface area contributed by atoms with Gasteiger partial charge in [-0.1, -0.05) is 12.1 Å². The van der Waals surface area contributed by atoms with Crippen molar-refractivity contribution in [2.45, 2.75) is 19.5 Å². The van der Waals surface area contributed by atoms with Gasteiger partial charge in [0.2, 0.25) is 0 Å². The number of amides is 1. The fourth-order valence-electron chi connectivity index (χ4n) is 1.90. The van der Waals surface area contributed by atoms with Gasteiger partial charge in [-0.05, 0) is 24.6 Å². The number of primary amides is 1. The molecule has 0 bridgehead atoms. The van der Waals surface area contributed by atoms with E-state index in [1.807, 2.05) is 42.8 Å². The van der Waals surface area contributed by atoms with Gasteiger partial charge in [0, 0.05) is 13.6 Å². The molecule has 1 unspecified atom stereocenters. The minimum atomic E-state index is -0.488. The number of nitrogens with one attached hydrogen (secondary N) is 1. The normalized spacial score (nSPS) is 12.1. The molecule has 21 heavy (non-hydrogen) atoms. The minimum absolute atomic E-state index is 0.100. The van der Waals surface area contributed by atoms with Crippen LogP contribution < -0.4 is 15.8 Å². The second-order valence-electron chi connectivity index (χ2n) is 4.80. The first-order chi connectivity index (χ1) is 10.1. The number of carbonyl (C=O) groups excluding carboxylic acids is 1. The van der Waals surface area contributed by atoms with E-state index in [1.165, 1.54) is 0 Å². The highest BCUT2D eigenvalue weighted by atomic mass is 16.5. The molecule has 0 radical (unpaired) electrons. The summed E-state index contributed by atoms with van der Waals surface area (Å²) in [6.45, 7) is 2.62. The maximum absolute atomic E-state index is 10.6. The molecule has 1 aromatic carbocycles. The van der Waals surface area contributed by atoms with Crippen LogP contribution in [0.3, 0.4) is 0 Å². The summed E-state index contributed by atoms with van der Waals surface area (Å²) in [5, 5.41) is 11.3. The molecule has 112 valence electrons. The van der Waals surface area contributed by atoms with E-state index in [0.29, 0.717) is 12.3 Å². The SMILES string of the molecule is CC(NCc1ccc(OCC(N)=O)cc1)c1nncn1C. The Morgan fingerprint density at radius 2 is 2.14 bits per heavy atom. The number of nitrogens with two attached hydrogens (primary N) is 1. The van der Waals surface area contributed by atoms with Gasteiger partial charge in [0.05, 0.1) is 6.04 Å². The maximum atomic E-state index is 10.6. The Bertz CT molecular complexity index is 594. The number of hydrogen-bond acceptors (Lipinski definition) is 5. The van der Waals surface area contributed by atoms with E-state index in [9.17, 15) is 4.79 Å². The van der Waals surface area contributed by atoms with Gasteiger partial charge >= 0.3 is 0 Å². The van der Waals surface area contributed by atoms with Crippen LogP contribution in [0.1, 0.15) is 24.4 Å². The summed E-state index contributed by atoms with van der Waals surface area (Å²) in [5.74, 6) is 1.02. The Morgan fingerprint density at radius 3 is 2.71 bits per heavy atom. The predicted molar refractivity (Wildman–Crippen MR) is 77.4 cm³/mol. The standard InChI is InChI=1S/C14H19N5O2/c1-10(14-18-17-9-19(14)2)16-7-11-3-5-12(6-4-11)21-8-13(15)20/h3-6,9-10,16H,7-8H2,1-2H3,(H2,15,20). The smallest absolute Gasteiger partial charge is 0.255 e. The third kappa shape index (κ3) is 4.28. The van der Waals surface area contributed by atoms with Gasteiger partial charge in [-0.15, -0.1) is 10.2 Å². The van der Waals surface area contributed by atoms with E-state index >= 15 is 0 Å². The number of hydrogen-bond donors (Lipinski definition) is 2. The van der Waals surface area contributed by atoms with Crippen molar-refractivity contribution >= 4 is 5.91 Å². The van der Waals surface area contributed by atoms with E-state index in [4.69, 9.17) is 10.5 Å². The van der Waals surface area contributed by atoms with Crippen LogP contribution in [0, 0.1) is 0 Å². The lowest BCUT2D eigenvalue weighted by Crippen LogP contribution is -2.21. The van der Waals surface area contributed by atoms with Crippen molar-refractivity contribution in [2.75, 3.05) is 6.61 Å². The monoisotopic (exact) mass is 289 g/mol. The Kier molecular flexibility index (Phi) is 4.89. The third-order valence-corrected chi connectivity index (χ3v) is 3.05. The van der Waals surface area contributed by atoms with Crippen LogP contribution in [-0.4, -0.2) is 27.3 Å². The summed E-state index contributed by atoms with van der Waals surface area (Å²) in [5.41, 5.74) is 6.13. The van der Waals surface area contributed by atoms with E-state index in [-0.39, 0.29) is 12.6 Å². The summed E-state index contributed by atoms with van der Waals surface area (Å²) in [7, 11) is 1.92. The van der Waals surface area contributed by atoms with Crippen molar-refractivity contribution < 1.29 is 9.53 Å². The molecule has 3 N–H and O–H groups in total. The molecule has 0 aliphatic rings. The molecule has 0 saturated heterocycles. The van der Waals surface area contributed by atoms with Gasteiger partial charge in [0.15, 0.2) is 6.61 Å². The summed E-state index contributed by atoms with van der Waals surface area (Å²) in [6, 6.07) is 7.60. The summed E-state index contributed by atoms with van der Waals surface area (Å²) < 4.78 is 7.09. The highest BCUT2D eigenvalue weighted by Crippen LogP contribution is 2.13. The van der Waals surface area contributed by atoms with Crippen LogP contribution in [0.2, 0.25) is 0 Å². The van der Waals surface area contributed by atoms with Crippen LogP contribution in [0.15, 0.2) is 30.6 Å². The first-order valence-electron chi connectivity index (χ1n) is 6.63. The lowest BCUT2D eigenvalue weighted by Gasteiger charge is -2.13. The first-order valence-corrected chi connectivity index (χ1v) is 6.63. The van der Waals surface area contributed by atoms with Crippen molar-refractivity contribution in [2.24, 2.45) is 12.8 Å². The summed E-state index contributed by atoms with van der Waals surface area (Å²) in [4.78, 5) is 10.6. The molecule has 1 amide bonds. The van der Waals surface area contributed by atoms with Crippen LogP contribution in [-0.2, 0) is 18.4 Å². The number of benzene rings is 1. The predicted octanol–water partition coefficient (Wildman–Crippen LogP) is 0.530. The molecular formula is C14H19N5O2. The highest BCUT2D eigenvalue weighted by Gasteiger charge is 2.10. The fourth-order valence-corrected chi connectivity index (χ4v) is 1.90. The van der Waals surface area contributed by atoms with Crippen molar-refractivity contribution in [1.29, 1.82) is 0 Å². The van der Waals surface area contributed by atoms with E-state index in [1.54, 1.807) is 6.33 Å². The number of rotatable bonds is 7. The lowest BCUT2D eigenvalue weighted by atomic mass is 10.2. The first kappa shape index (κ1) is 15.0. The Morgan fingerprint density at radius 1 is 1.43 bits per heavy atom. The number of nitrogens with zero attached hydrogens (tertiary/aromatic N) is 3. The van der Waals surface area contributed by atoms with Gasteiger partial charge in [0.25, 0.3) is 5.91 Å². The quantitative estimate of drug-likeness (QED) is 0.775. The van der Waals surface area contributed by atoms with E-state index in [2.05, 4.69) is 15.5 Å². The van der Waals surface area contributed by atoms with Gasteiger partial charge in [0.1, 0.15) is 17.9 Å². The van der Waals surface area contributed by atoms with E-state index in [0.717, 1.165) is 11.4 Å². The van der Waals surface area contributed by atoms with Crippen molar-refractivity contribution in [3.63, 3.8) is 0 Å².